The molecule has 0 aliphatic carbocycles. The maximum atomic E-state index is 11.0. The number of rotatable bonds is 3. The van der Waals surface area contributed by atoms with Crippen LogP contribution in [0.4, 0.5) is 0 Å². The van der Waals surface area contributed by atoms with Crippen LogP contribution < -0.4 is 0 Å². The van der Waals surface area contributed by atoms with Crippen LogP contribution in [0.2, 0.25) is 0 Å². The molecule has 3 rings (SSSR count). The molecule has 1 unspecified atom stereocenters. The van der Waals surface area contributed by atoms with Gasteiger partial charge in [0.2, 0.25) is 0 Å². The van der Waals surface area contributed by atoms with Gasteiger partial charge in [-0.2, -0.15) is 0 Å². The number of hydrogen-bond acceptors (Lipinski definition) is 7. The van der Waals surface area contributed by atoms with Crippen molar-refractivity contribution in [3.63, 3.8) is 0 Å². The molecule has 3 heterocycles. The first-order valence-electron chi connectivity index (χ1n) is 7.63. The summed E-state index contributed by atoms with van der Waals surface area (Å²) in [6, 6.07) is 0. The molecule has 0 spiro atoms. The minimum Gasteiger partial charge on any atom is -0.463 e. The smallest absolute Gasteiger partial charge is 0.302 e. The van der Waals surface area contributed by atoms with Crippen LogP contribution in [0.25, 0.3) is 0 Å². The maximum Gasteiger partial charge on any atom is 0.302 e. The number of fused-ring (bicyclic) bond motifs is 1. The van der Waals surface area contributed by atoms with Gasteiger partial charge in [0.1, 0.15) is 37.1 Å². The first-order chi connectivity index (χ1) is 10.2. The van der Waals surface area contributed by atoms with E-state index < -0.39 is 11.6 Å². The van der Waals surface area contributed by atoms with Gasteiger partial charge in [-0.25, -0.2) is 0 Å². The Labute approximate surface area is 130 Å². The molecule has 3 aliphatic rings. The number of ether oxygens (including phenoxy) is 6. The van der Waals surface area contributed by atoms with Crippen molar-refractivity contribution in [2.45, 2.75) is 76.7 Å². The Balaban J connectivity index is 1.73. The molecule has 22 heavy (non-hydrogen) atoms. The highest BCUT2D eigenvalue weighted by Gasteiger charge is 2.59. The van der Waals surface area contributed by atoms with Gasteiger partial charge in [-0.15, -0.1) is 0 Å². The quantitative estimate of drug-likeness (QED) is 0.719. The summed E-state index contributed by atoms with van der Waals surface area (Å²) in [5, 5.41) is 0. The molecule has 3 aliphatic heterocycles. The average molecular weight is 316 g/mol. The van der Waals surface area contributed by atoms with Crippen LogP contribution in [0.5, 0.6) is 0 Å². The minimum absolute atomic E-state index is 0.142. The summed E-state index contributed by atoms with van der Waals surface area (Å²) < 4.78 is 34.5. The van der Waals surface area contributed by atoms with Crippen molar-refractivity contribution in [2.24, 2.45) is 0 Å². The summed E-state index contributed by atoms with van der Waals surface area (Å²) in [6.07, 6.45) is -1.46. The first-order valence-corrected chi connectivity index (χ1v) is 7.63. The lowest BCUT2D eigenvalue weighted by Crippen LogP contribution is -2.40. The van der Waals surface area contributed by atoms with Gasteiger partial charge in [0.25, 0.3) is 0 Å². The zero-order valence-electron chi connectivity index (χ0n) is 13.7. The normalized spacial score (nSPS) is 42.3. The van der Waals surface area contributed by atoms with Crippen molar-refractivity contribution in [3.8, 4) is 0 Å². The molecule has 3 saturated heterocycles. The van der Waals surface area contributed by atoms with E-state index in [4.69, 9.17) is 28.4 Å². The average Bonchev–Trinajstić information content (AvgIpc) is 2.97. The van der Waals surface area contributed by atoms with Gasteiger partial charge in [-0.3, -0.25) is 4.79 Å². The third-order valence-electron chi connectivity index (χ3n) is 4.03. The summed E-state index contributed by atoms with van der Waals surface area (Å²) in [7, 11) is 0. The minimum atomic E-state index is -0.694. The SMILES string of the molecule is CC(=O)OCC1O[C@H]([C@H]2COC(C)(C)O2)[C@H]2OC(C)(C)O[C@@H]12. The summed E-state index contributed by atoms with van der Waals surface area (Å²) in [5.41, 5.74) is 0. The summed E-state index contributed by atoms with van der Waals surface area (Å²) in [4.78, 5) is 11.0. The fourth-order valence-electron chi connectivity index (χ4n) is 3.23. The van der Waals surface area contributed by atoms with Crippen molar-refractivity contribution in [1.82, 2.24) is 0 Å². The Hall–Kier alpha value is -0.730. The van der Waals surface area contributed by atoms with Crippen LogP contribution in [0.1, 0.15) is 34.6 Å². The Bertz CT molecular complexity index is 447. The molecule has 0 amide bonds. The van der Waals surface area contributed by atoms with Crippen LogP contribution >= 0.6 is 0 Å². The largest absolute Gasteiger partial charge is 0.463 e. The van der Waals surface area contributed by atoms with Crippen LogP contribution in [0.3, 0.4) is 0 Å². The highest BCUT2D eigenvalue weighted by Crippen LogP contribution is 2.42. The molecule has 126 valence electrons. The molecule has 3 fully saturated rings. The standard InChI is InChI=1S/C15H24O7/c1-8(16)17-6-9-12-13(22-15(4,5)21-12)11(19-9)10-7-18-14(2,3)20-10/h9-13H,6-7H2,1-5H3/t9?,10-,11-,12+,13-/m1/s1. The lowest BCUT2D eigenvalue weighted by molar-refractivity contribution is -0.210. The topological polar surface area (TPSA) is 72.5 Å². The fourth-order valence-corrected chi connectivity index (χ4v) is 3.23. The third kappa shape index (κ3) is 3.14. The Kier molecular flexibility index (Phi) is 3.98. The van der Waals surface area contributed by atoms with Crippen molar-refractivity contribution >= 4 is 5.97 Å². The van der Waals surface area contributed by atoms with Crippen LogP contribution in [0, 0.1) is 0 Å². The Morgan fingerprint density at radius 1 is 1.05 bits per heavy atom. The van der Waals surface area contributed by atoms with Crippen molar-refractivity contribution < 1.29 is 33.2 Å². The highest BCUT2D eigenvalue weighted by molar-refractivity contribution is 5.65. The van der Waals surface area contributed by atoms with E-state index in [1.54, 1.807) is 0 Å². The van der Waals surface area contributed by atoms with E-state index in [2.05, 4.69) is 0 Å². The van der Waals surface area contributed by atoms with Crippen molar-refractivity contribution in [2.75, 3.05) is 13.2 Å². The van der Waals surface area contributed by atoms with Crippen LogP contribution in [0.15, 0.2) is 0 Å². The molecule has 0 radical (unpaired) electrons. The number of hydrogen-bond donors (Lipinski definition) is 0. The second-order valence-corrected chi connectivity index (χ2v) is 6.87. The second-order valence-electron chi connectivity index (χ2n) is 6.87. The second kappa shape index (κ2) is 5.42. The summed E-state index contributed by atoms with van der Waals surface area (Å²) in [5.74, 6) is -1.67. The molecule has 0 saturated carbocycles. The van der Waals surface area contributed by atoms with Gasteiger partial charge >= 0.3 is 5.97 Å². The van der Waals surface area contributed by atoms with Crippen LogP contribution in [-0.4, -0.2) is 61.3 Å². The molecule has 0 aromatic carbocycles. The van der Waals surface area contributed by atoms with Gasteiger partial charge in [-0.05, 0) is 27.7 Å². The number of esters is 1. The lowest BCUT2D eigenvalue weighted by atomic mass is 10.0. The fraction of sp³-hybridized carbons (Fsp3) is 0.933. The molecule has 7 nitrogen and oxygen atoms in total. The van der Waals surface area contributed by atoms with Gasteiger partial charge < -0.3 is 28.4 Å². The summed E-state index contributed by atoms with van der Waals surface area (Å²) >= 11 is 0. The predicted molar refractivity (Wildman–Crippen MR) is 74.0 cm³/mol. The zero-order valence-corrected chi connectivity index (χ0v) is 13.7. The monoisotopic (exact) mass is 316 g/mol. The maximum absolute atomic E-state index is 11.0. The molecular formula is C15H24O7. The lowest BCUT2D eigenvalue weighted by Gasteiger charge is -2.26. The van der Waals surface area contributed by atoms with Gasteiger partial charge in [-0.1, -0.05) is 0 Å². The number of carbonyl (C=O) groups excluding carboxylic acids is 1. The summed E-state index contributed by atoms with van der Waals surface area (Å²) in [6.45, 7) is 9.41. The molecule has 0 bridgehead atoms. The Morgan fingerprint density at radius 3 is 2.32 bits per heavy atom. The van der Waals surface area contributed by atoms with E-state index in [-0.39, 0.29) is 43.1 Å². The zero-order chi connectivity index (χ0) is 16.1. The van der Waals surface area contributed by atoms with Crippen molar-refractivity contribution in [1.29, 1.82) is 0 Å². The van der Waals surface area contributed by atoms with Gasteiger partial charge in [0.15, 0.2) is 11.6 Å². The van der Waals surface area contributed by atoms with E-state index in [0.717, 1.165) is 0 Å². The third-order valence-corrected chi connectivity index (χ3v) is 4.03. The van der Waals surface area contributed by atoms with E-state index in [0.29, 0.717) is 6.61 Å². The molecule has 0 aromatic rings. The van der Waals surface area contributed by atoms with E-state index in [9.17, 15) is 4.79 Å². The van der Waals surface area contributed by atoms with E-state index in [1.807, 2.05) is 27.7 Å². The molecule has 5 atom stereocenters. The van der Waals surface area contributed by atoms with Gasteiger partial charge in [0.05, 0.1) is 6.61 Å². The van der Waals surface area contributed by atoms with E-state index >= 15 is 0 Å². The Morgan fingerprint density at radius 2 is 1.73 bits per heavy atom. The molecule has 0 N–H and O–H groups in total. The molecular weight excluding hydrogens is 292 g/mol. The first kappa shape index (κ1) is 16.1. The highest BCUT2D eigenvalue weighted by atomic mass is 16.8. The van der Waals surface area contributed by atoms with Crippen molar-refractivity contribution in [3.05, 3.63) is 0 Å². The van der Waals surface area contributed by atoms with E-state index in [1.165, 1.54) is 6.92 Å². The van der Waals surface area contributed by atoms with Crippen LogP contribution in [-0.2, 0) is 33.2 Å². The predicted octanol–water partition coefficient (Wildman–Crippen LogP) is 0.988. The molecule has 7 heteroatoms. The molecule has 0 aromatic heterocycles. The number of carbonyl (C=O) groups is 1. The van der Waals surface area contributed by atoms with Gasteiger partial charge in [0, 0.05) is 6.92 Å².